The minimum Gasteiger partial charge on any atom is -0.457 e. The first-order valence-corrected chi connectivity index (χ1v) is 7.62. The van der Waals surface area contributed by atoms with Gasteiger partial charge in [-0.05, 0) is 60.2 Å². The lowest BCUT2D eigenvalue weighted by Crippen LogP contribution is -2.10. The number of ether oxygens (including phenoxy) is 1. The average molecular weight is 297 g/mol. The van der Waals surface area contributed by atoms with Crippen LogP contribution in [0.15, 0.2) is 48.5 Å². The fourth-order valence-electron chi connectivity index (χ4n) is 2.12. The number of carbonyl (C=O) groups is 1. The highest BCUT2D eigenvalue weighted by Gasteiger charge is 2.08. The second-order valence-corrected chi connectivity index (χ2v) is 6.06. The molecule has 2 N–H and O–H groups in total. The molecule has 2 rings (SSSR count). The molecule has 1 amide bonds. The van der Waals surface area contributed by atoms with Crippen LogP contribution in [0.1, 0.15) is 36.7 Å². The van der Waals surface area contributed by atoms with Gasteiger partial charge in [0.2, 0.25) is 5.91 Å². The second kappa shape index (κ2) is 7.12. The SMILES string of the molecule is CC(C)C(C)Cc1ccc(Oc2ccc(C(N)=O)cc2)cc1. The molecule has 0 aromatic heterocycles. The quantitative estimate of drug-likeness (QED) is 0.858. The molecule has 0 radical (unpaired) electrons. The van der Waals surface area contributed by atoms with Gasteiger partial charge >= 0.3 is 0 Å². The summed E-state index contributed by atoms with van der Waals surface area (Å²) in [6, 6.07) is 15.0. The molecule has 3 heteroatoms. The normalized spacial score (nSPS) is 12.2. The van der Waals surface area contributed by atoms with Gasteiger partial charge in [-0.25, -0.2) is 0 Å². The lowest BCUT2D eigenvalue weighted by molar-refractivity contribution is 0.100. The molecular weight excluding hydrogens is 274 g/mol. The lowest BCUT2D eigenvalue weighted by Gasteiger charge is -2.15. The van der Waals surface area contributed by atoms with Crippen molar-refractivity contribution in [2.24, 2.45) is 17.6 Å². The predicted octanol–water partition coefficient (Wildman–Crippen LogP) is 4.41. The number of nitrogens with two attached hydrogens (primary N) is 1. The van der Waals surface area contributed by atoms with Gasteiger partial charge in [0, 0.05) is 5.56 Å². The van der Waals surface area contributed by atoms with Gasteiger partial charge in [-0.2, -0.15) is 0 Å². The van der Waals surface area contributed by atoms with Gasteiger partial charge in [0.25, 0.3) is 0 Å². The van der Waals surface area contributed by atoms with Crippen LogP contribution in [0, 0.1) is 11.8 Å². The third-order valence-electron chi connectivity index (χ3n) is 3.99. The van der Waals surface area contributed by atoms with Crippen molar-refractivity contribution in [2.45, 2.75) is 27.2 Å². The summed E-state index contributed by atoms with van der Waals surface area (Å²) in [4.78, 5) is 11.0. The molecule has 2 aromatic carbocycles. The van der Waals surface area contributed by atoms with Gasteiger partial charge in [0.05, 0.1) is 0 Å². The summed E-state index contributed by atoms with van der Waals surface area (Å²) in [5.41, 5.74) is 7.01. The Morgan fingerprint density at radius 1 is 0.955 bits per heavy atom. The largest absolute Gasteiger partial charge is 0.457 e. The third-order valence-corrected chi connectivity index (χ3v) is 3.99. The van der Waals surface area contributed by atoms with Crippen LogP contribution >= 0.6 is 0 Å². The molecule has 0 heterocycles. The van der Waals surface area contributed by atoms with Crippen molar-refractivity contribution in [3.63, 3.8) is 0 Å². The van der Waals surface area contributed by atoms with Crippen LogP contribution in [-0.2, 0) is 6.42 Å². The van der Waals surface area contributed by atoms with E-state index in [1.54, 1.807) is 24.3 Å². The first-order chi connectivity index (χ1) is 10.5. The Bertz CT molecular complexity index is 615. The topological polar surface area (TPSA) is 52.3 Å². The Morgan fingerprint density at radius 2 is 1.45 bits per heavy atom. The van der Waals surface area contributed by atoms with Crippen molar-refractivity contribution in [2.75, 3.05) is 0 Å². The molecule has 116 valence electrons. The maximum atomic E-state index is 11.0. The van der Waals surface area contributed by atoms with Crippen molar-refractivity contribution < 1.29 is 9.53 Å². The van der Waals surface area contributed by atoms with Crippen LogP contribution in [-0.4, -0.2) is 5.91 Å². The summed E-state index contributed by atoms with van der Waals surface area (Å²) in [5.74, 6) is 2.38. The molecule has 0 bridgehead atoms. The molecule has 2 aromatic rings. The van der Waals surface area contributed by atoms with E-state index >= 15 is 0 Å². The monoisotopic (exact) mass is 297 g/mol. The van der Waals surface area contributed by atoms with Gasteiger partial charge in [-0.15, -0.1) is 0 Å². The van der Waals surface area contributed by atoms with Gasteiger partial charge in [0.15, 0.2) is 0 Å². The van der Waals surface area contributed by atoms with Crippen molar-refractivity contribution in [1.82, 2.24) is 0 Å². The second-order valence-electron chi connectivity index (χ2n) is 6.06. The molecule has 0 saturated carbocycles. The minimum absolute atomic E-state index is 0.435. The third kappa shape index (κ3) is 4.35. The molecule has 1 unspecified atom stereocenters. The molecule has 3 nitrogen and oxygen atoms in total. The van der Waals surface area contributed by atoms with E-state index < -0.39 is 5.91 Å². The number of rotatable bonds is 6. The zero-order valence-electron chi connectivity index (χ0n) is 13.4. The Hall–Kier alpha value is -2.29. The smallest absolute Gasteiger partial charge is 0.248 e. The van der Waals surface area contributed by atoms with E-state index in [0.29, 0.717) is 23.1 Å². The number of benzene rings is 2. The van der Waals surface area contributed by atoms with E-state index in [4.69, 9.17) is 10.5 Å². The van der Waals surface area contributed by atoms with E-state index in [0.717, 1.165) is 12.2 Å². The Kier molecular flexibility index (Phi) is 5.21. The minimum atomic E-state index is -0.435. The Balaban J connectivity index is 2.00. The van der Waals surface area contributed by atoms with Crippen LogP contribution in [0.3, 0.4) is 0 Å². The summed E-state index contributed by atoms with van der Waals surface area (Å²) in [7, 11) is 0. The van der Waals surface area contributed by atoms with Crippen LogP contribution in [0.5, 0.6) is 11.5 Å². The molecular formula is C19H23NO2. The highest BCUT2D eigenvalue weighted by molar-refractivity contribution is 5.92. The standard InChI is InChI=1S/C19H23NO2/c1-13(2)14(3)12-15-4-8-17(9-5-15)22-18-10-6-16(7-11-18)19(20)21/h4-11,13-14H,12H2,1-3H3,(H2,20,21). The number of hydrogen-bond acceptors (Lipinski definition) is 2. The number of primary amides is 1. The van der Waals surface area contributed by atoms with E-state index in [1.807, 2.05) is 12.1 Å². The summed E-state index contributed by atoms with van der Waals surface area (Å²) in [6.45, 7) is 6.77. The van der Waals surface area contributed by atoms with E-state index in [1.165, 1.54) is 5.56 Å². The maximum Gasteiger partial charge on any atom is 0.248 e. The van der Waals surface area contributed by atoms with Crippen molar-refractivity contribution in [3.8, 4) is 11.5 Å². The molecule has 1 atom stereocenters. The highest BCUT2D eigenvalue weighted by atomic mass is 16.5. The van der Waals surface area contributed by atoms with Crippen molar-refractivity contribution in [1.29, 1.82) is 0 Å². The molecule has 0 saturated heterocycles. The summed E-state index contributed by atoms with van der Waals surface area (Å²) >= 11 is 0. The van der Waals surface area contributed by atoms with Gasteiger partial charge < -0.3 is 10.5 Å². The average Bonchev–Trinajstić information content (AvgIpc) is 2.49. The number of carbonyl (C=O) groups excluding carboxylic acids is 1. The molecule has 0 aliphatic heterocycles. The molecule has 0 spiro atoms. The van der Waals surface area contributed by atoms with E-state index in [9.17, 15) is 4.79 Å². The number of amides is 1. The summed E-state index contributed by atoms with van der Waals surface area (Å²) in [6.07, 6.45) is 1.07. The first-order valence-electron chi connectivity index (χ1n) is 7.62. The Morgan fingerprint density at radius 3 is 1.91 bits per heavy atom. The Labute approximate surface area is 132 Å². The molecule has 0 aliphatic rings. The number of hydrogen-bond donors (Lipinski definition) is 1. The van der Waals surface area contributed by atoms with E-state index in [-0.39, 0.29) is 0 Å². The van der Waals surface area contributed by atoms with E-state index in [2.05, 4.69) is 32.9 Å². The van der Waals surface area contributed by atoms with Crippen LogP contribution in [0.25, 0.3) is 0 Å². The lowest BCUT2D eigenvalue weighted by atomic mass is 9.91. The van der Waals surface area contributed by atoms with Gasteiger partial charge in [0.1, 0.15) is 11.5 Å². The van der Waals surface area contributed by atoms with Crippen LogP contribution in [0.4, 0.5) is 0 Å². The fraction of sp³-hybridized carbons (Fsp3) is 0.316. The molecule has 22 heavy (non-hydrogen) atoms. The van der Waals surface area contributed by atoms with Crippen LogP contribution < -0.4 is 10.5 Å². The highest BCUT2D eigenvalue weighted by Crippen LogP contribution is 2.23. The summed E-state index contributed by atoms with van der Waals surface area (Å²) < 4.78 is 5.77. The van der Waals surface area contributed by atoms with Gasteiger partial charge in [-0.3, -0.25) is 4.79 Å². The predicted molar refractivity (Wildman–Crippen MR) is 89.2 cm³/mol. The van der Waals surface area contributed by atoms with Crippen LogP contribution in [0.2, 0.25) is 0 Å². The maximum absolute atomic E-state index is 11.0. The zero-order chi connectivity index (χ0) is 16.1. The van der Waals surface area contributed by atoms with Crippen molar-refractivity contribution in [3.05, 3.63) is 59.7 Å². The summed E-state index contributed by atoms with van der Waals surface area (Å²) in [5, 5.41) is 0. The molecule has 0 aliphatic carbocycles. The van der Waals surface area contributed by atoms with Crippen molar-refractivity contribution >= 4 is 5.91 Å². The molecule has 0 fully saturated rings. The fourth-order valence-corrected chi connectivity index (χ4v) is 2.12. The zero-order valence-corrected chi connectivity index (χ0v) is 13.4. The first kappa shape index (κ1) is 16.1. The van der Waals surface area contributed by atoms with Gasteiger partial charge in [-0.1, -0.05) is 32.9 Å².